The summed E-state index contributed by atoms with van der Waals surface area (Å²) in [4.78, 5) is 31.6. The molecule has 1 fully saturated rings. The molecule has 2 atom stereocenters. The number of para-hydroxylation sites is 2. The van der Waals surface area contributed by atoms with Gasteiger partial charge in [0.1, 0.15) is 6.54 Å². The van der Waals surface area contributed by atoms with E-state index in [4.69, 9.17) is 9.72 Å². The van der Waals surface area contributed by atoms with Crippen LogP contribution in [0.25, 0.3) is 0 Å². The molecule has 29 heavy (non-hydrogen) atoms. The van der Waals surface area contributed by atoms with Gasteiger partial charge in [0.05, 0.1) is 35.0 Å². The van der Waals surface area contributed by atoms with Crippen LogP contribution in [-0.4, -0.2) is 45.9 Å². The van der Waals surface area contributed by atoms with E-state index < -0.39 is 0 Å². The number of nitrogens with one attached hydrogen (secondary N) is 1. The van der Waals surface area contributed by atoms with E-state index in [9.17, 15) is 9.59 Å². The lowest BCUT2D eigenvalue weighted by atomic mass is 10.2. The molecule has 2 unspecified atom stereocenters. The third-order valence-electron chi connectivity index (χ3n) is 5.50. The minimum atomic E-state index is -0.376. The van der Waals surface area contributed by atoms with Crippen LogP contribution in [0.2, 0.25) is 0 Å². The molecule has 1 saturated heterocycles. The highest BCUT2D eigenvalue weighted by Crippen LogP contribution is 2.33. The second kappa shape index (κ2) is 8.20. The van der Waals surface area contributed by atoms with Crippen LogP contribution in [0.15, 0.2) is 29.4 Å². The summed E-state index contributed by atoms with van der Waals surface area (Å²) < 4.78 is 7.96. The number of benzene rings is 1. The van der Waals surface area contributed by atoms with Crippen molar-refractivity contribution >= 4 is 35.0 Å². The van der Waals surface area contributed by atoms with E-state index in [1.165, 1.54) is 11.8 Å². The number of carbonyl (C=O) groups excluding carboxylic acids is 2. The molecule has 2 aromatic rings. The number of nitrogens with zero attached hydrogens (tertiary/aromatic N) is 3. The minimum absolute atomic E-state index is 0.0309. The second-order valence-electron chi connectivity index (χ2n) is 7.56. The van der Waals surface area contributed by atoms with E-state index in [0.29, 0.717) is 5.69 Å². The first kappa shape index (κ1) is 20.0. The van der Waals surface area contributed by atoms with Gasteiger partial charge in [-0.2, -0.15) is 0 Å². The van der Waals surface area contributed by atoms with E-state index in [0.717, 1.165) is 48.2 Å². The maximum Gasteiger partial charge on any atom is 0.244 e. The number of aryl methyl sites for hydroxylation is 1. The number of fused-ring (bicyclic) bond motifs is 1. The molecule has 3 heterocycles. The topological polar surface area (TPSA) is 76.5 Å². The number of carbonyl (C=O) groups is 2. The number of hydrogen-bond donors (Lipinski definition) is 1. The van der Waals surface area contributed by atoms with Gasteiger partial charge in [0.2, 0.25) is 11.8 Å². The van der Waals surface area contributed by atoms with Gasteiger partial charge in [-0.05, 0) is 45.7 Å². The summed E-state index contributed by atoms with van der Waals surface area (Å²) in [5.74, 6) is -0.278. The van der Waals surface area contributed by atoms with Crippen molar-refractivity contribution in [2.24, 2.45) is 0 Å². The van der Waals surface area contributed by atoms with E-state index in [2.05, 4.69) is 16.8 Å². The molecule has 0 aliphatic carbocycles. The van der Waals surface area contributed by atoms with Gasteiger partial charge in [-0.1, -0.05) is 23.9 Å². The molecule has 0 bridgehead atoms. The quantitative estimate of drug-likeness (QED) is 0.761. The standard InChI is InChI=1S/C21H26N4O3S/c1-13-14(2)24(11-16-7-6-10-28-16)21(22-13)29-15(3)20(27)25-12-19(26)23-17-8-4-5-9-18(17)25/h4-5,8-9,15-16H,6-7,10-12H2,1-3H3,(H,23,26). The van der Waals surface area contributed by atoms with Crippen LogP contribution in [0.3, 0.4) is 0 Å². The maximum atomic E-state index is 13.2. The number of amides is 2. The van der Waals surface area contributed by atoms with Crippen molar-refractivity contribution in [3.8, 4) is 0 Å². The number of ether oxygens (including phenoxy) is 1. The first-order valence-corrected chi connectivity index (χ1v) is 10.8. The molecular weight excluding hydrogens is 388 g/mol. The fourth-order valence-electron chi connectivity index (χ4n) is 3.78. The summed E-state index contributed by atoms with van der Waals surface area (Å²) in [6.07, 6.45) is 2.34. The van der Waals surface area contributed by atoms with Gasteiger partial charge in [-0.25, -0.2) is 4.98 Å². The number of hydrogen-bond acceptors (Lipinski definition) is 5. The summed E-state index contributed by atoms with van der Waals surface area (Å²) in [6, 6.07) is 7.39. The number of anilines is 2. The van der Waals surface area contributed by atoms with Gasteiger partial charge in [0.15, 0.2) is 5.16 Å². The lowest BCUT2D eigenvalue weighted by Crippen LogP contribution is -2.45. The molecule has 2 aliphatic rings. The van der Waals surface area contributed by atoms with Crippen LogP contribution in [-0.2, 0) is 20.9 Å². The summed E-state index contributed by atoms with van der Waals surface area (Å²) in [6.45, 7) is 7.51. The average Bonchev–Trinajstić information content (AvgIpc) is 3.31. The maximum absolute atomic E-state index is 13.2. The van der Waals surface area contributed by atoms with Crippen LogP contribution >= 0.6 is 11.8 Å². The largest absolute Gasteiger partial charge is 0.376 e. The van der Waals surface area contributed by atoms with Gasteiger partial charge in [-0.15, -0.1) is 0 Å². The van der Waals surface area contributed by atoms with Crippen molar-refractivity contribution in [1.29, 1.82) is 0 Å². The predicted octanol–water partition coefficient (Wildman–Crippen LogP) is 3.14. The van der Waals surface area contributed by atoms with Gasteiger partial charge in [0.25, 0.3) is 0 Å². The Morgan fingerprint density at radius 2 is 2.17 bits per heavy atom. The lowest BCUT2D eigenvalue weighted by Gasteiger charge is -2.30. The van der Waals surface area contributed by atoms with Crippen LogP contribution < -0.4 is 10.2 Å². The molecular formula is C21H26N4O3S. The molecule has 4 rings (SSSR count). The summed E-state index contributed by atoms with van der Waals surface area (Å²) in [7, 11) is 0. The van der Waals surface area contributed by atoms with Crippen LogP contribution in [0, 0.1) is 13.8 Å². The highest BCUT2D eigenvalue weighted by atomic mass is 32.2. The van der Waals surface area contributed by atoms with Crippen molar-refractivity contribution in [3.05, 3.63) is 35.7 Å². The van der Waals surface area contributed by atoms with Gasteiger partial charge in [0, 0.05) is 12.3 Å². The fourth-order valence-corrected chi connectivity index (χ4v) is 4.85. The molecule has 0 saturated carbocycles. The highest BCUT2D eigenvalue weighted by Gasteiger charge is 2.31. The summed E-state index contributed by atoms with van der Waals surface area (Å²) in [5, 5.41) is 3.27. The Balaban J connectivity index is 1.54. The van der Waals surface area contributed by atoms with E-state index in [-0.39, 0.29) is 29.7 Å². The molecule has 8 heteroatoms. The Labute approximate surface area is 174 Å². The van der Waals surface area contributed by atoms with Gasteiger partial charge < -0.3 is 14.6 Å². The average molecular weight is 415 g/mol. The van der Waals surface area contributed by atoms with Crippen molar-refractivity contribution in [3.63, 3.8) is 0 Å². The van der Waals surface area contributed by atoms with Gasteiger partial charge in [-0.3, -0.25) is 14.5 Å². The van der Waals surface area contributed by atoms with Gasteiger partial charge >= 0.3 is 0 Å². The monoisotopic (exact) mass is 414 g/mol. The third kappa shape index (κ3) is 4.04. The Kier molecular flexibility index (Phi) is 5.65. The van der Waals surface area contributed by atoms with Crippen molar-refractivity contribution < 1.29 is 14.3 Å². The molecule has 1 aromatic heterocycles. The number of imidazole rings is 1. The zero-order valence-corrected chi connectivity index (χ0v) is 17.8. The first-order valence-electron chi connectivity index (χ1n) is 9.96. The Morgan fingerprint density at radius 1 is 1.38 bits per heavy atom. The molecule has 0 radical (unpaired) electrons. The molecule has 154 valence electrons. The Bertz CT molecular complexity index is 936. The first-order chi connectivity index (χ1) is 13.9. The van der Waals surface area contributed by atoms with E-state index >= 15 is 0 Å². The summed E-state index contributed by atoms with van der Waals surface area (Å²) in [5.41, 5.74) is 3.47. The minimum Gasteiger partial charge on any atom is -0.376 e. The van der Waals surface area contributed by atoms with Crippen molar-refractivity contribution in [2.45, 2.75) is 56.7 Å². The summed E-state index contributed by atoms with van der Waals surface area (Å²) >= 11 is 1.44. The third-order valence-corrected chi connectivity index (χ3v) is 6.58. The fraction of sp³-hybridized carbons (Fsp3) is 0.476. The molecule has 0 spiro atoms. The highest BCUT2D eigenvalue weighted by molar-refractivity contribution is 8.00. The SMILES string of the molecule is Cc1nc(SC(C)C(=O)N2CC(=O)Nc3ccccc32)n(CC2CCCO2)c1C. The zero-order valence-electron chi connectivity index (χ0n) is 17.0. The Hall–Kier alpha value is -2.32. The van der Waals surface area contributed by atoms with Crippen LogP contribution in [0.4, 0.5) is 11.4 Å². The predicted molar refractivity (Wildman–Crippen MR) is 113 cm³/mol. The molecule has 7 nitrogen and oxygen atoms in total. The van der Waals surface area contributed by atoms with E-state index in [1.807, 2.05) is 38.1 Å². The molecule has 1 N–H and O–H groups in total. The van der Waals surface area contributed by atoms with Crippen molar-refractivity contribution in [1.82, 2.24) is 9.55 Å². The number of aromatic nitrogens is 2. The van der Waals surface area contributed by atoms with Crippen LogP contribution in [0.5, 0.6) is 0 Å². The smallest absolute Gasteiger partial charge is 0.244 e. The van der Waals surface area contributed by atoms with Crippen molar-refractivity contribution in [2.75, 3.05) is 23.4 Å². The normalized spacial score (nSPS) is 19.8. The second-order valence-corrected chi connectivity index (χ2v) is 8.87. The molecule has 1 aromatic carbocycles. The Morgan fingerprint density at radius 3 is 2.93 bits per heavy atom. The van der Waals surface area contributed by atoms with Crippen LogP contribution in [0.1, 0.15) is 31.2 Å². The molecule has 2 aliphatic heterocycles. The zero-order chi connectivity index (χ0) is 20.5. The molecule has 2 amide bonds. The number of rotatable bonds is 5. The lowest BCUT2D eigenvalue weighted by molar-refractivity contribution is -0.121. The van der Waals surface area contributed by atoms with E-state index in [1.54, 1.807) is 4.90 Å². The number of thioether (sulfide) groups is 1.